The zero-order valence-electron chi connectivity index (χ0n) is 9.32. The molecular weight excluding hydrogens is 233 g/mol. The Hall–Kier alpha value is -0.250. The number of aromatic amines is 1. The van der Waals surface area contributed by atoms with E-state index in [1.54, 1.807) is 6.20 Å². The van der Waals surface area contributed by atoms with Gasteiger partial charge in [0.1, 0.15) is 5.82 Å². The van der Waals surface area contributed by atoms with Gasteiger partial charge in [0.2, 0.25) is 0 Å². The fourth-order valence-electron chi connectivity index (χ4n) is 1.16. The Balaban J connectivity index is 0. The minimum absolute atomic E-state index is 0. The third-order valence-electron chi connectivity index (χ3n) is 1.99. The van der Waals surface area contributed by atoms with Crippen LogP contribution in [0.5, 0.6) is 0 Å². The Kier molecular flexibility index (Phi) is 11.7. The van der Waals surface area contributed by atoms with Gasteiger partial charge >= 0.3 is 0 Å². The maximum Gasteiger partial charge on any atom is 0.107 e. The molecule has 0 aromatic carbocycles. The molecule has 0 unspecified atom stereocenters. The van der Waals surface area contributed by atoms with E-state index >= 15 is 0 Å². The first-order valence-electron chi connectivity index (χ1n) is 4.98. The summed E-state index contributed by atoms with van der Waals surface area (Å²) in [5.41, 5.74) is 0. The molecule has 0 fully saturated rings. The van der Waals surface area contributed by atoms with Crippen LogP contribution in [0.3, 0.4) is 0 Å². The number of nitrogens with one attached hydrogen (secondary N) is 2. The monoisotopic (exact) mass is 253 g/mol. The highest BCUT2D eigenvalue weighted by Crippen LogP contribution is 1.96. The normalized spacial score (nSPS) is 9.53. The topological polar surface area (TPSA) is 40.7 Å². The van der Waals surface area contributed by atoms with Gasteiger partial charge in [-0.2, -0.15) is 0 Å². The Labute approximate surface area is 104 Å². The largest absolute Gasteiger partial charge is 0.349 e. The molecule has 0 aliphatic rings. The number of halogens is 2. The average Bonchev–Trinajstić information content (AvgIpc) is 2.55. The summed E-state index contributed by atoms with van der Waals surface area (Å²) < 4.78 is 0. The van der Waals surface area contributed by atoms with Crippen LogP contribution < -0.4 is 5.32 Å². The van der Waals surface area contributed by atoms with Crippen LogP contribution in [-0.4, -0.2) is 23.1 Å². The molecule has 5 heteroatoms. The van der Waals surface area contributed by atoms with E-state index in [0.717, 1.165) is 31.3 Å². The van der Waals surface area contributed by atoms with Gasteiger partial charge in [-0.3, -0.25) is 0 Å². The van der Waals surface area contributed by atoms with Crippen molar-refractivity contribution in [1.82, 2.24) is 15.3 Å². The maximum atomic E-state index is 4.15. The number of H-pyrrole nitrogens is 1. The van der Waals surface area contributed by atoms with Crippen LogP contribution in [0.1, 0.15) is 26.1 Å². The summed E-state index contributed by atoms with van der Waals surface area (Å²) in [5, 5.41) is 3.40. The van der Waals surface area contributed by atoms with Crippen LogP contribution in [0.15, 0.2) is 12.4 Å². The van der Waals surface area contributed by atoms with E-state index < -0.39 is 0 Å². The van der Waals surface area contributed by atoms with Crippen LogP contribution in [0, 0.1) is 5.92 Å². The number of hydrogen-bond acceptors (Lipinski definition) is 2. The molecule has 3 nitrogen and oxygen atoms in total. The smallest absolute Gasteiger partial charge is 0.107 e. The SMILES string of the molecule is CC(C)CCNCCc1ncc[nH]1.Cl.Cl. The highest BCUT2D eigenvalue weighted by Gasteiger charge is 1.95. The van der Waals surface area contributed by atoms with Crippen molar-refractivity contribution < 1.29 is 0 Å². The van der Waals surface area contributed by atoms with Crippen LogP contribution in [0.2, 0.25) is 0 Å². The molecule has 0 saturated heterocycles. The van der Waals surface area contributed by atoms with Gasteiger partial charge < -0.3 is 10.3 Å². The third kappa shape index (κ3) is 8.73. The molecule has 1 aromatic rings. The van der Waals surface area contributed by atoms with Gasteiger partial charge in [-0.1, -0.05) is 13.8 Å². The second-order valence-corrected chi connectivity index (χ2v) is 3.72. The molecule has 0 bridgehead atoms. The molecule has 90 valence electrons. The van der Waals surface area contributed by atoms with Crippen molar-refractivity contribution in [3.63, 3.8) is 0 Å². The number of nitrogens with zero attached hydrogens (tertiary/aromatic N) is 1. The number of imidazole rings is 1. The van der Waals surface area contributed by atoms with Crippen molar-refractivity contribution in [2.24, 2.45) is 5.92 Å². The highest BCUT2D eigenvalue weighted by molar-refractivity contribution is 5.85. The molecule has 2 N–H and O–H groups in total. The minimum Gasteiger partial charge on any atom is -0.349 e. The fourth-order valence-corrected chi connectivity index (χ4v) is 1.16. The first-order valence-corrected chi connectivity index (χ1v) is 4.98. The van der Waals surface area contributed by atoms with Crippen molar-refractivity contribution in [2.45, 2.75) is 26.7 Å². The molecule has 0 spiro atoms. The van der Waals surface area contributed by atoms with Crippen molar-refractivity contribution in [1.29, 1.82) is 0 Å². The van der Waals surface area contributed by atoms with Crippen LogP contribution in [0.4, 0.5) is 0 Å². The van der Waals surface area contributed by atoms with Crippen molar-refractivity contribution in [3.05, 3.63) is 18.2 Å². The van der Waals surface area contributed by atoms with E-state index in [9.17, 15) is 0 Å². The molecule has 0 amide bonds. The summed E-state index contributed by atoms with van der Waals surface area (Å²) >= 11 is 0. The quantitative estimate of drug-likeness (QED) is 0.765. The third-order valence-corrected chi connectivity index (χ3v) is 1.99. The first kappa shape index (κ1) is 17.2. The zero-order valence-corrected chi connectivity index (χ0v) is 11.0. The second kappa shape index (κ2) is 10.3. The van der Waals surface area contributed by atoms with Gasteiger partial charge in [-0.05, 0) is 18.9 Å². The van der Waals surface area contributed by atoms with E-state index in [0.29, 0.717) is 0 Å². The zero-order chi connectivity index (χ0) is 9.52. The van der Waals surface area contributed by atoms with Gasteiger partial charge in [-0.15, -0.1) is 24.8 Å². The van der Waals surface area contributed by atoms with Gasteiger partial charge in [0.15, 0.2) is 0 Å². The maximum absolute atomic E-state index is 4.15. The number of rotatable bonds is 6. The Morgan fingerprint density at radius 1 is 1.33 bits per heavy atom. The lowest BCUT2D eigenvalue weighted by Gasteiger charge is -2.05. The molecule has 0 aliphatic heterocycles. The Morgan fingerprint density at radius 3 is 2.60 bits per heavy atom. The van der Waals surface area contributed by atoms with E-state index in [4.69, 9.17) is 0 Å². The molecule has 0 atom stereocenters. The van der Waals surface area contributed by atoms with Gasteiger partial charge in [0, 0.05) is 25.4 Å². The number of hydrogen-bond donors (Lipinski definition) is 2. The molecule has 15 heavy (non-hydrogen) atoms. The molecule has 1 aromatic heterocycles. The predicted molar refractivity (Wildman–Crippen MR) is 69.1 cm³/mol. The summed E-state index contributed by atoms with van der Waals surface area (Å²) in [6, 6.07) is 0. The fraction of sp³-hybridized carbons (Fsp3) is 0.700. The van der Waals surface area contributed by atoms with E-state index in [2.05, 4.69) is 29.1 Å². The highest BCUT2D eigenvalue weighted by atomic mass is 35.5. The summed E-state index contributed by atoms with van der Waals surface area (Å²) in [5.74, 6) is 1.85. The van der Waals surface area contributed by atoms with E-state index in [1.165, 1.54) is 6.42 Å². The predicted octanol–water partition coefficient (Wildman–Crippen LogP) is 2.43. The van der Waals surface area contributed by atoms with Crippen molar-refractivity contribution in [3.8, 4) is 0 Å². The van der Waals surface area contributed by atoms with E-state index in [1.807, 2.05) is 6.20 Å². The Bertz CT molecular complexity index is 212. The van der Waals surface area contributed by atoms with Gasteiger partial charge in [0.05, 0.1) is 0 Å². The standard InChI is InChI=1S/C10H19N3.2ClH/c1-9(2)3-5-11-6-4-10-12-7-8-13-10;;/h7-9,11H,3-6H2,1-2H3,(H,12,13);2*1H. The van der Waals surface area contributed by atoms with Crippen LogP contribution in [-0.2, 0) is 6.42 Å². The summed E-state index contributed by atoms with van der Waals surface area (Å²) in [6.07, 6.45) is 5.90. The van der Waals surface area contributed by atoms with Crippen LogP contribution >= 0.6 is 24.8 Å². The lowest BCUT2D eigenvalue weighted by molar-refractivity contribution is 0.537. The van der Waals surface area contributed by atoms with Crippen molar-refractivity contribution in [2.75, 3.05) is 13.1 Å². The summed E-state index contributed by atoms with van der Waals surface area (Å²) in [6.45, 7) is 6.61. The number of aromatic nitrogens is 2. The second-order valence-electron chi connectivity index (χ2n) is 3.72. The summed E-state index contributed by atoms with van der Waals surface area (Å²) in [4.78, 5) is 7.24. The molecular formula is C10H21Cl2N3. The average molecular weight is 254 g/mol. The Morgan fingerprint density at radius 2 is 2.07 bits per heavy atom. The molecule has 1 rings (SSSR count). The first-order chi connectivity index (χ1) is 6.29. The van der Waals surface area contributed by atoms with Crippen LogP contribution in [0.25, 0.3) is 0 Å². The lowest BCUT2D eigenvalue weighted by atomic mass is 10.1. The lowest BCUT2D eigenvalue weighted by Crippen LogP contribution is -2.20. The molecule has 0 aliphatic carbocycles. The minimum atomic E-state index is 0. The van der Waals surface area contributed by atoms with Crippen molar-refractivity contribution >= 4 is 24.8 Å². The van der Waals surface area contributed by atoms with Gasteiger partial charge in [0.25, 0.3) is 0 Å². The summed E-state index contributed by atoms with van der Waals surface area (Å²) in [7, 11) is 0. The molecule has 1 heterocycles. The van der Waals surface area contributed by atoms with E-state index in [-0.39, 0.29) is 24.8 Å². The molecule has 0 radical (unpaired) electrons. The van der Waals surface area contributed by atoms with Gasteiger partial charge in [-0.25, -0.2) is 4.98 Å². The molecule has 0 saturated carbocycles.